The Morgan fingerprint density at radius 1 is 1.22 bits per heavy atom. The maximum atomic E-state index is 13.2. The number of hydrogen-bond donors (Lipinski definition) is 1. The molecule has 9 nitrogen and oxygen atoms in total. The van der Waals surface area contributed by atoms with Gasteiger partial charge in [-0.05, 0) is 37.3 Å². The minimum Gasteiger partial charge on any atom is -0.456 e. The zero-order valence-corrected chi connectivity index (χ0v) is 19.8. The van der Waals surface area contributed by atoms with Crippen molar-refractivity contribution in [2.24, 2.45) is 5.92 Å². The van der Waals surface area contributed by atoms with Crippen molar-refractivity contribution in [3.8, 4) is 0 Å². The first-order chi connectivity index (χ1) is 15.2. The van der Waals surface area contributed by atoms with Crippen molar-refractivity contribution < 1.29 is 33.5 Å². The number of nitrogens with zero attached hydrogens (tertiary/aromatic N) is 1. The summed E-state index contributed by atoms with van der Waals surface area (Å²) >= 11 is 3.30. The molecule has 1 heterocycles. The molecule has 10 heteroatoms. The second-order valence-corrected chi connectivity index (χ2v) is 9.32. The van der Waals surface area contributed by atoms with Gasteiger partial charge in [0.15, 0.2) is 18.4 Å². The molecule has 3 rings (SSSR count). The van der Waals surface area contributed by atoms with E-state index in [1.807, 2.05) is 0 Å². The van der Waals surface area contributed by atoms with Crippen LogP contribution in [0.3, 0.4) is 0 Å². The summed E-state index contributed by atoms with van der Waals surface area (Å²) in [6, 6.07) is 4.76. The fourth-order valence-corrected chi connectivity index (χ4v) is 4.04. The van der Waals surface area contributed by atoms with Crippen molar-refractivity contribution in [1.82, 2.24) is 10.4 Å². The van der Waals surface area contributed by atoms with E-state index in [0.29, 0.717) is 5.56 Å². The number of esters is 1. The molecular formula is C22H27BrN2O7. The molecule has 1 saturated heterocycles. The van der Waals surface area contributed by atoms with Crippen molar-refractivity contribution in [3.63, 3.8) is 0 Å². The van der Waals surface area contributed by atoms with Gasteiger partial charge in [-0.1, -0.05) is 41.9 Å². The number of carbonyl (C=O) groups excluding carboxylic acids is 4. The Bertz CT molecular complexity index is 883. The summed E-state index contributed by atoms with van der Waals surface area (Å²) in [6.07, 6.45) is 1.89. The van der Waals surface area contributed by atoms with Crippen molar-refractivity contribution in [2.75, 3.05) is 13.7 Å². The number of hydroxylamine groups is 2. The number of rotatable bonds is 7. The van der Waals surface area contributed by atoms with E-state index in [-0.39, 0.29) is 18.1 Å². The Morgan fingerprint density at radius 2 is 1.88 bits per heavy atom. The highest BCUT2D eigenvalue weighted by Crippen LogP contribution is 2.46. The largest absolute Gasteiger partial charge is 0.456 e. The van der Waals surface area contributed by atoms with Crippen molar-refractivity contribution in [3.05, 3.63) is 34.3 Å². The molecule has 0 unspecified atom stereocenters. The van der Waals surface area contributed by atoms with E-state index in [0.717, 1.165) is 28.8 Å². The Hall–Kier alpha value is -2.46. The molecule has 174 valence electrons. The van der Waals surface area contributed by atoms with Crippen molar-refractivity contribution >= 4 is 39.7 Å². The van der Waals surface area contributed by atoms with Crippen LogP contribution in [0.2, 0.25) is 0 Å². The number of ether oxygens (including phenoxy) is 2. The lowest BCUT2D eigenvalue weighted by Crippen LogP contribution is -2.54. The van der Waals surface area contributed by atoms with Gasteiger partial charge in [0.25, 0.3) is 5.91 Å². The van der Waals surface area contributed by atoms with Crippen molar-refractivity contribution in [2.45, 2.75) is 57.2 Å². The normalized spacial score (nSPS) is 19.9. The molecule has 2 atom stereocenters. The van der Waals surface area contributed by atoms with Crippen LogP contribution >= 0.6 is 15.9 Å². The van der Waals surface area contributed by atoms with E-state index in [2.05, 4.69) is 26.0 Å². The highest BCUT2D eigenvalue weighted by Gasteiger charge is 2.55. The fraction of sp³-hybridized carbons (Fsp3) is 0.545. The Kier molecular flexibility index (Phi) is 7.55. The van der Waals surface area contributed by atoms with Gasteiger partial charge in [0.2, 0.25) is 0 Å². The zero-order valence-electron chi connectivity index (χ0n) is 18.3. The summed E-state index contributed by atoms with van der Waals surface area (Å²) in [5, 5.41) is 3.52. The monoisotopic (exact) mass is 510 g/mol. The smallest absolute Gasteiger partial charge is 0.407 e. The summed E-state index contributed by atoms with van der Waals surface area (Å²) in [7, 11) is 1.20. The molecule has 32 heavy (non-hydrogen) atoms. The SMILES string of the molecule is COC(=O)N[C@H](C(=O)N1OC2(CCC2)C[C@H]1C(=O)OCC(=O)c1ccc(Br)cc1)C(C)C. The fourth-order valence-electron chi connectivity index (χ4n) is 3.78. The molecule has 0 bridgehead atoms. The predicted molar refractivity (Wildman–Crippen MR) is 117 cm³/mol. The van der Waals surface area contributed by atoms with Crippen LogP contribution in [0.4, 0.5) is 4.79 Å². The van der Waals surface area contributed by atoms with Gasteiger partial charge >= 0.3 is 12.1 Å². The van der Waals surface area contributed by atoms with Crippen LogP contribution in [0.25, 0.3) is 0 Å². The van der Waals surface area contributed by atoms with E-state index in [1.165, 1.54) is 7.11 Å². The van der Waals surface area contributed by atoms with Crippen LogP contribution in [0, 0.1) is 5.92 Å². The maximum absolute atomic E-state index is 13.2. The number of hydrogen-bond acceptors (Lipinski definition) is 7. The molecule has 2 amide bonds. The maximum Gasteiger partial charge on any atom is 0.407 e. The van der Waals surface area contributed by atoms with Gasteiger partial charge in [-0.3, -0.25) is 14.4 Å². The van der Waals surface area contributed by atoms with E-state index < -0.39 is 42.3 Å². The number of nitrogens with one attached hydrogen (secondary N) is 1. The predicted octanol–water partition coefficient (Wildman–Crippen LogP) is 3.01. The molecule has 1 spiro atoms. The Labute approximate surface area is 194 Å². The van der Waals surface area contributed by atoms with Gasteiger partial charge in [-0.15, -0.1) is 0 Å². The number of benzene rings is 1. The summed E-state index contributed by atoms with van der Waals surface area (Å²) in [5.74, 6) is -1.91. The molecule has 1 aromatic carbocycles. The number of methoxy groups -OCH3 is 1. The molecule has 2 aliphatic rings. The topological polar surface area (TPSA) is 111 Å². The van der Waals surface area contributed by atoms with Crippen molar-refractivity contribution in [1.29, 1.82) is 0 Å². The first-order valence-corrected chi connectivity index (χ1v) is 11.3. The van der Waals surface area contributed by atoms with E-state index in [4.69, 9.17) is 9.57 Å². The molecular weight excluding hydrogens is 484 g/mol. The van der Waals surface area contributed by atoms with Gasteiger partial charge in [0.05, 0.1) is 12.7 Å². The van der Waals surface area contributed by atoms with E-state index in [9.17, 15) is 19.2 Å². The van der Waals surface area contributed by atoms with Crippen LogP contribution in [0.1, 0.15) is 49.9 Å². The van der Waals surface area contributed by atoms with E-state index >= 15 is 0 Å². The van der Waals surface area contributed by atoms with Gasteiger partial charge in [0.1, 0.15) is 6.04 Å². The molecule has 1 N–H and O–H groups in total. The first-order valence-electron chi connectivity index (χ1n) is 10.5. The third-order valence-corrected chi connectivity index (χ3v) is 6.33. The van der Waals surface area contributed by atoms with Gasteiger partial charge in [0, 0.05) is 16.5 Å². The number of halogens is 1. The van der Waals surface area contributed by atoms with Crippen LogP contribution in [-0.4, -0.2) is 60.2 Å². The van der Waals surface area contributed by atoms with Gasteiger partial charge in [-0.2, -0.15) is 0 Å². The van der Waals surface area contributed by atoms with Crippen LogP contribution < -0.4 is 5.32 Å². The molecule has 1 aromatic rings. The van der Waals surface area contributed by atoms with Gasteiger partial charge < -0.3 is 14.8 Å². The molecule has 2 fully saturated rings. The van der Waals surface area contributed by atoms with Gasteiger partial charge in [-0.25, -0.2) is 14.7 Å². The lowest BCUT2D eigenvalue weighted by atomic mass is 9.77. The summed E-state index contributed by atoms with van der Waals surface area (Å²) in [5.41, 5.74) is -0.184. The number of ketones is 1. The quantitative estimate of drug-likeness (QED) is 0.443. The molecule has 1 aliphatic heterocycles. The third-order valence-electron chi connectivity index (χ3n) is 5.80. The molecule has 1 saturated carbocycles. The number of carbonyl (C=O) groups is 4. The summed E-state index contributed by atoms with van der Waals surface area (Å²) in [4.78, 5) is 56.1. The Balaban J connectivity index is 1.71. The molecule has 0 aromatic heterocycles. The Morgan fingerprint density at radius 3 is 2.41 bits per heavy atom. The molecule has 0 radical (unpaired) electrons. The number of Topliss-reactive ketones (excluding diaryl/α,β-unsaturated/α-hetero) is 1. The molecule has 1 aliphatic carbocycles. The number of alkyl carbamates (subject to hydrolysis) is 1. The zero-order chi connectivity index (χ0) is 23.5. The summed E-state index contributed by atoms with van der Waals surface area (Å²) < 4.78 is 10.7. The number of amides is 2. The second-order valence-electron chi connectivity index (χ2n) is 8.41. The average molecular weight is 511 g/mol. The highest BCUT2D eigenvalue weighted by atomic mass is 79.9. The van der Waals surface area contributed by atoms with Crippen LogP contribution in [-0.2, 0) is 23.9 Å². The summed E-state index contributed by atoms with van der Waals surface area (Å²) in [6.45, 7) is 3.08. The standard InChI is InChI=1S/C22H27BrN2O7/c1-13(2)18(24-21(29)30-3)19(27)25-16(11-22(32-25)9-4-10-22)20(28)31-12-17(26)14-5-7-15(23)8-6-14/h5-8,13,16,18H,4,9-12H2,1-3H3,(H,24,29)/t16-,18-/m0/s1. The first kappa shape index (κ1) is 24.2. The minimum absolute atomic E-state index is 0.279. The average Bonchev–Trinajstić information content (AvgIpc) is 3.17. The lowest BCUT2D eigenvalue weighted by molar-refractivity contribution is -0.230. The van der Waals surface area contributed by atoms with Crippen LogP contribution in [0.15, 0.2) is 28.7 Å². The van der Waals surface area contributed by atoms with Crippen LogP contribution in [0.5, 0.6) is 0 Å². The second kappa shape index (κ2) is 9.99. The third kappa shape index (κ3) is 5.29. The highest BCUT2D eigenvalue weighted by molar-refractivity contribution is 9.10. The minimum atomic E-state index is -0.999. The lowest BCUT2D eigenvalue weighted by Gasteiger charge is -2.37. The van der Waals surface area contributed by atoms with E-state index in [1.54, 1.807) is 38.1 Å².